The Labute approximate surface area is 199 Å². The first-order valence-electron chi connectivity index (χ1n) is 11.0. The molecule has 2 N–H and O–H groups in total. The van der Waals surface area contributed by atoms with Crippen LogP contribution in [0.5, 0.6) is 11.6 Å². The number of amides is 2. The van der Waals surface area contributed by atoms with Crippen molar-refractivity contribution in [1.82, 2.24) is 14.6 Å². The first-order chi connectivity index (χ1) is 16.4. The maximum atomic E-state index is 14.4. The number of nitrogens with zero attached hydrogens (tertiary/aromatic N) is 2. The number of halogens is 2. The van der Waals surface area contributed by atoms with Crippen LogP contribution in [0.3, 0.4) is 0 Å². The number of nitrogens with one attached hydrogen (secondary N) is 2. The third-order valence-electron chi connectivity index (χ3n) is 5.65. The van der Waals surface area contributed by atoms with E-state index in [-0.39, 0.29) is 28.6 Å². The molecule has 0 unspecified atom stereocenters. The van der Waals surface area contributed by atoms with Gasteiger partial charge in [0.1, 0.15) is 29.3 Å². The van der Waals surface area contributed by atoms with Gasteiger partial charge < -0.3 is 24.4 Å². The molecule has 1 fully saturated rings. The Morgan fingerprint density at radius 2 is 2.24 bits per heavy atom. The molecule has 0 spiro atoms. The summed E-state index contributed by atoms with van der Waals surface area (Å²) in [6, 6.07) is 2.47. The SMILES string of the molecule is COC(=O)c1c(OCc2cc3c(cc2F)CCO3)nsc1NC(=O)NCCCN1CC[C@H](F)C1. The molecule has 34 heavy (non-hydrogen) atoms. The lowest BCUT2D eigenvalue weighted by Gasteiger charge is -2.14. The number of likely N-dealkylation sites (tertiary alicyclic amines) is 1. The average molecular weight is 497 g/mol. The zero-order valence-corrected chi connectivity index (χ0v) is 19.5. The van der Waals surface area contributed by atoms with E-state index < -0.39 is 24.0 Å². The van der Waals surface area contributed by atoms with E-state index in [1.807, 2.05) is 4.90 Å². The third-order valence-corrected chi connectivity index (χ3v) is 6.40. The number of aromatic nitrogens is 1. The zero-order chi connectivity index (χ0) is 24.1. The number of rotatable bonds is 9. The molecule has 1 saturated heterocycles. The highest BCUT2D eigenvalue weighted by Gasteiger charge is 2.26. The molecule has 9 nitrogen and oxygen atoms in total. The standard InChI is InChI=1S/C22H26F2N4O5S/c1-31-21(29)18-19(33-12-14-10-17-13(4-8-32-17)9-16(14)24)27-34-20(18)26-22(30)25-5-2-6-28-7-3-15(23)11-28/h9-10,15H,2-8,11-12H2,1H3,(H2,25,26,30)/t15-/m0/s1. The number of hydrogen-bond acceptors (Lipinski definition) is 8. The number of carbonyl (C=O) groups is 2. The second kappa shape index (κ2) is 11.0. The molecule has 184 valence electrons. The van der Waals surface area contributed by atoms with Gasteiger partial charge >= 0.3 is 12.0 Å². The normalized spacial score (nSPS) is 17.2. The quantitative estimate of drug-likeness (QED) is 0.406. The molecular weight excluding hydrogens is 470 g/mol. The summed E-state index contributed by atoms with van der Waals surface area (Å²) in [7, 11) is 1.20. The van der Waals surface area contributed by atoms with Crippen LogP contribution >= 0.6 is 11.5 Å². The lowest BCUT2D eigenvalue weighted by Crippen LogP contribution is -2.32. The number of ether oxygens (including phenoxy) is 3. The highest BCUT2D eigenvalue weighted by atomic mass is 32.1. The number of hydrogen-bond donors (Lipinski definition) is 2. The fourth-order valence-corrected chi connectivity index (χ4v) is 4.59. The molecule has 1 aromatic carbocycles. The van der Waals surface area contributed by atoms with E-state index in [0.29, 0.717) is 51.3 Å². The van der Waals surface area contributed by atoms with E-state index in [4.69, 9.17) is 14.2 Å². The Bertz CT molecular complexity index is 1050. The summed E-state index contributed by atoms with van der Waals surface area (Å²) in [4.78, 5) is 26.6. The lowest BCUT2D eigenvalue weighted by atomic mass is 10.1. The van der Waals surface area contributed by atoms with E-state index >= 15 is 0 Å². The maximum absolute atomic E-state index is 14.4. The van der Waals surface area contributed by atoms with Crippen molar-refractivity contribution in [3.05, 3.63) is 34.6 Å². The van der Waals surface area contributed by atoms with Crippen LogP contribution in [0.2, 0.25) is 0 Å². The van der Waals surface area contributed by atoms with Crippen molar-refractivity contribution in [3.63, 3.8) is 0 Å². The first kappa shape index (κ1) is 24.1. The Kier molecular flexibility index (Phi) is 7.78. The van der Waals surface area contributed by atoms with E-state index in [2.05, 4.69) is 15.0 Å². The molecule has 3 heterocycles. The second-order valence-corrected chi connectivity index (χ2v) is 8.82. The lowest BCUT2D eigenvalue weighted by molar-refractivity contribution is 0.0596. The van der Waals surface area contributed by atoms with Gasteiger partial charge in [-0.1, -0.05) is 0 Å². The van der Waals surface area contributed by atoms with Crippen molar-refractivity contribution >= 4 is 28.5 Å². The van der Waals surface area contributed by atoms with Crippen LogP contribution in [0, 0.1) is 5.82 Å². The number of urea groups is 1. The number of anilines is 1. The van der Waals surface area contributed by atoms with Gasteiger partial charge in [0, 0.05) is 37.2 Å². The van der Waals surface area contributed by atoms with Gasteiger partial charge in [-0.2, -0.15) is 4.37 Å². The van der Waals surface area contributed by atoms with Gasteiger partial charge in [0.15, 0.2) is 5.56 Å². The molecule has 4 rings (SSSR count). The number of alkyl halides is 1. The summed E-state index contributed by atoms with van der Waals surface area (Å²) in [5.41, 5.74) is 1.01. The molecule has 2 amide bonds. The second-order valence-electron chi connectivity index (χ2n) is 8.04. The van der Waals surface area contributed by atoms with E-state index in [1.165, 1.54) is 13.2 Å². The van der Waals surface area contributed by atoms with Gasteiger partial charge in [0.2, 0.25) is 5.88 Å². The van der Waals surface area contributed by atoms with Crippen molar-refractivity contribution in [1.29, 1.82) is 0 Å². The monoisotopic (exact) mass is 496 g/mol. The first-order valence-corrected chi connectivity index (χ1v) is 11.8. The Morgan fingerprint density at radius 1 is 1.38 bits per heavy atom. The number of carbonyl (C=O) groups excluding carboxylic acids is 2. The summed E-state index contributed by atoms with van der Waals surface area (Å²) in [6.45, 7) is 2.55. The minimum atomic E-state index is -0.775. The predicted octanol–water partition coefficient (Wildman–Crippen LogP) is 3.14. The minimum Gasteiger partial charge on any atom is -0.493 e. The van der Waals surface area contributed by atoms with Crippen LogP contribution in [-0.2, 0) is 17.8 Å². The molecule has 1 atom stereocenters. The molecule has 0 aliphatic carbocycles. The molecule has 0 radical (unpaired) electrons. The van der Waals surface area contributed by atoms with Gasteiger partial charge in [0.05, 0.1) is 13.7 Å². The summed E-state index contributed by atoms with van der Waals surface area (Å²) in [5, 5.41) is 5.43. The molecule has 0 saturated carbocycles. The van der Waals surface area contributed by atoms with Crippen LogP contribution in [0.4, 0.5) is 18.6 Å². The molecule has 2 aliphatic rings. The Hall–Kier alpha value is -2.99. The fourth-order valence-electron chi connectivity index (χ4n) is 3.88. The Morgan fingerprint density at radius 3 is 3.00 bits per heavy atom. The zero-order valence-electron chi connectivity index (χ0n) is 18.7. The minimum absolute atomic E-state index is 0.0495. The van der Waals surface area contributed by atoms with E-state index in [9.17, 15) is 18.4 Å². The van der Waals surface area contributed by atoms with Gasteiger partial charge in [0.25, 0.3) is 0 Å². The van der Waals surface area contributed by atoms with Gasteiger partial charge in [-0.3, -0.25) is 5.32 Å². The molecule has 0 bridgehead atoms. The number of benzene rings is 1. The van der Waals surface area contributed by atoms with E-state index in [1.54, 1.807) is 6.07 Å². The van der Waals surface area contributed by atoms with Gasteiger partial charge in [-0.25, -0.2) is 18.4 Å². The number of methoxy groups -OCH3 is 1. The average Bonchev–Trinajstić information content (AvgIpc) is 3.54. The topological polar surface area (TPSA) is 102 Å². The molecular formula is C22H26F2N4O5S. The molecule has 12 heteroatoms. The third kappa shape index (κ3) is 5.73. The van der Waals surface area contributed by atoms with Crippen LogP contribution in [-0.4, -0.2) is 67.3 Å². The predicted molar refractivity (Wildman–Crippen MR) is 121 cm³/mol. The van der Waals surface area contributed by atoms with Crippen molar-refractivity contribution in [2.45, 2.75) is 32.0 Å². The highest BCUT2D eigenvalue weighted by Crippen LogP contribution is 2.33. The maximum Gasteiger partial charge on any atom is 0.346 e. The van der Waals surface area contributed by atoms with E-state index in [0.717, 1.165) is 23.6 Å². The van der Waals surface area contributed by atoms with Crippen molar-refractivity contribution < 1.29 is 32.6 Å². The number of fused-ring (bicyclic) bond motifs is 1. The fraction of sp³-hybridized carbons (Fsp3) is 0.500. The van der Waals surface area contributed by atoms with Gasteiger partial charge in [-0.15, -0.1) is 0 Å². The van der Waals surface area contributed by atoms with Crippen LogP contribution < -0.4 is 20.1 Å². The smallest absolute Gasteiger partial charge is 0.346 e. The summed E-state index contributed by atoms with van der Waals surface area (Å²) in [6.07, 6.45) is 1.09. The van der Waals surface area contributed by atoms with Crippen LogP contribution in [0.15, 0.2) is 12.1 Å². The van der Waals surface area contributed by atoms with Crippen molar-refractivity contribution in [2.24, 2.45) is 0 Å². The highest BCUT2D eigenvalue weighted by molar-refractivity contribution is 7.11. The van der Waals surface area contributed by atoms with Crippen LogP contribution in [0.25, 0.3) is 0 Å². The summed E-state index contributed by atoms with van der Waals surface area (Å²) in [5.74, 6) is -0.637. The van der Waals surface area contributed by atoms with Crippen molar-refractivity contribution in [3.8, 4) is 11.6 Å². The van der Waals surface area contributed by atoms with Gasteiger partial charge in [-0.05, 0) is 43.1 Å². The molecule has 1 aromatic heterocycles. The summed E-state index contributed by atoms with van der Waals surface area (Å²) < 4.78 is 47.6. The summed E-state index contributed by atoms with van der Waals surface area (Å²) >= 11 is 0.851. The Balaban J connectivity index is 1.34. The molecule has 2 aromatic rings. The molecule has 2 aliphatic heterocycles. The largest absolute Gasteiger partial charge is 0.493 e. The van der Waals surface area contributed by atoms with Crippen LogP contribution in [0.1, 0.15) is 34.3 Å². The van der Waals surface area contributed by atoms with Crippen molar-refractivity contribution in [2.75, 3.05) is 45.2 Å². The number of esters is 1.